The average molecular weight is 388 g/mol. The van der Waals surface area contributed by atoms with Crippen LogP contribution in [0.2, 0.25) is 0 Å². The molecule has 0 saturated carbocycles. The Kier molecular flexibility index (Phi) is 5.70. The van der Waals surface area contributed by atoms with E-state index in [2.05, 4.69) is 5.32 Å². The van der Waals surface area contributed by atoms with E-state index in [9.17, 15) is 9.59 Å². The zero-order chi connectivity index (χ0) is 19.6. The second kappa shape index (κ2) is 8.00. The van der Waals surface area contributed by atoms with Gasteiger partial charge in [0.05, 0.1) is 24.8 Å². The Hall–Kier alpha value is -2.54. The highest BCUT2D eigenvalue weighted by Crippen LogP contribution is 2.34. The van der Waals surface area contributed by atoms with Gasteiger partial charge >= 0.3 is 0 Å². The van der Waals surface area contributed by atoms with Gasteiger partial charge in [-0.2, -0.15) is 0 Å². The summed E-state index contributed by atoms with van der Waals surface area (Å²) in [7, 11) is 6.65. The van der Waals surface area contributed by atoms with Crippen molar-refractivity contribution in [2.45, 2.75) is 19.3 Å². The maximum absolute atomic E-state index is 12.8. The maximum atomic E-state index is 12.8. The highest BCUT2D eigenvalue weighted by atomic mass is 32.1. The summed E-state index contributed by atoms with van der Waals surface area (Å²) >= 11 is 1.54. The number of fused-ring (bicyclic) bond motifs is 1. The highest BCUT2D eigenvalue weighted by molar-refractivity contribution is 7.14. The van der Waals surface area contributed by atoms with E-state index in [0.717, 1.165) is 23.3 Å². The Labute approximate surface area is 163 Å². The lowest BCUT2D eigenvalue weighted by Crippen LogP contribution is -2.27. The van der Waals surface area contributed by atoms with Crippen LogP contribution in [0.4, 0.5) is 5.69 Å². The van der Waals surface area contributed by atoms with Gasteiger partial charge in [-0.3, -0.25) is 9.59 Å². The van der Waals surface area contributed by atoms with Gasteiger partial charge in [0.1, 0.15) is 11.5 Å². The van der Waals surface area contributed by atoms with Crippen LogP contribution in [0.15, 0.2) is 24.3 Å². The first-order valence-electron chi connectivity index (χ1n) is 8.79. The number of nitrogens with zero attached hydrogens (tertiary/aromatic N) is 1. The third-order valence-electron chi connectivity index (χ3n) is 4.74. The molecule has 0 fully saturated rings. The Morgan fingerprint density at radius 3 is 2.63 bits per heavy atom. The summed E-state index contributed by atoms with van der Waals surface area (Å²) in [5.74, 6) is 1.09. The Bertz CT molecular complexity index is 860. The SMILES string of the molecule is COc1ccc(NC(=O)C2CCc3sc(C(=O)N(C)C)cc3C2)c(OC)c1. The number of rotatable bonds is 5. The van der Waals surface area contributed by atoms with Gasteiger partial charge in [-0.25, -0.2) is 0 Å². The molecule has 0 saturated heterocycles. The van der Waals surface area contributed by atoms with Gasteiger partial charge in [0.2, 0.25) is 5.91 Å². The summed E-state index contributed by atoms with van der Waals surface area (Å²) in [5.41, 5.74) is 1.74. The standard InChI is InChI=1S/C20H24N2O4S/c1-22(2)20(24)18-10-13-9-12(5-8-17(13)27-18)19(23)21-15-7-6-14(25-3)11-16(15)26-4/h6-7,10-12H,5,8-9H2,1-4H3,(H,21,23). The molecule has 0 spiro atoms. The van der Waals surface area contributed by atoms with Crippen molar-refractivity contribution >= 4 is 28.8 Å². The quantitative estimate of drug-likeness (QED) is 0.854. The summed E-state index contributed by atoms with van der Waals surface area (Å²) in [6, 6.07) is 7.25. The van der Waals surface area contributed by atoms with Crippen LogP contribution >= 0.6 is 11.3 Å². The van der Waals surface area contributed by atoms with Crippen molar-refractivity contribution < 1.29 is 19.1 Å². The smallest absolute Gasteiger partial charge is 0.263 e. The number of thiophene rings is 1. The van der Waals surface area contributed by atoms with Crippen molar-refractivity contribution in [3.05, 3.63) is 39.6 Å². The number of ether oxygens (including phenoxy) is 2. The molecule has 1 N–H and O–H groups in total. The molecule has 1 unspecified atom stereocenters. The number of carbonyl (C=O) groups excluding carboxylic acids is 2. The van der Waals surface area contributed by atoms with Crippen LogP contribution in [-0.4, -0.2) is 45.0 Å². The second-order valence-electron chi connectivity index (χ2n) is 6.75. The molecule has 3 rings (SSSR count). The second-order valence-corrected chi connectivity index (χ2v) is 7.89. The lowest BCUT2D eigenvalue weighted by atomic mass is 9.87. The van der Waals surface area contributed by atoms with Gasteiger partial charge in [-0.05, 0) is 43.0 Å². The number of nitrogens with one attached hydrogen (secondary N) is 1. The fourth-order valence-corrected chi connectivity index (χ4v) is 4.44. The van der Waals surface area contributed by atoms with Gasteiger partial charge in [0, 0.05) is 31.0 Å². The molecule has 1 aromatic heterocycles. The number of methoxy groups -OCH3 is 2. The third kappa shape index (κ3) is 4.08. The number of aryl methyl sites for hydroxylation is 1. The van der Waals surface area contributed by atoms with Crippen molar-refractivity contribution in [2.75, 3.05) is 33.6 Å². The molecule has 6 nitrogen and oxygen atoms in total. The van der Waals surface area contributed by atoms with Crippen LogP contribution in [-0.2, 0) is 17.6 Å². The van der Waals surface area contributed by atoms with E-state index >= 15 is 0 Å². The van der Waals surface area contributed by atoms with E-state index in [1.54, 1.807) is 62.8 Å². The summed E-state index contributed by atoms with van der Waals surface area (Å²) < 4.78 is 10.5. The molecule has 0 radical (unpaired) electrons. The molecule has 144 valence electrons. The van der Waals surface area contributed by atoms with Gasteiger partial charge in [-0.15, -0.1) is 11.3 Å². The molecule has 27 heavy (non-hydrogen) atoms. The van der Waals surface area contributed by atoms with Gasteiger partial charge in [0.25, 0.3) is 5.91 Å². The fraction of sp³-hybridized carbons (Fsp3) is 0.400. The van der Waals surface area contributed by atoms with Crippen LogP contribution in [0.1, 0.15) is 26.5 Å². The zero-order valence-corrected chi connectivity index (χ0v) is 16.8. The van der Waals surface area contributed by atoms with E-state index in [0.29, 0.717) is 23.6 Å². The predicted octanol–water partition coefficient (Wildman–Crippen LogP) is 3.21. The van der Waals surface area contributed by atoms with E-state index < -0.39 is 0 Å². The van der Waals surface area contributed by atoms with Crippen LogP contribution in [0.3, 0.4) is 0 Å². The molecular formula is C20H24N2O4S. The molecule has 0 aliphatic heterocycles. The fourth-order valence-electron chi connectivity index (χ4n) is 3.21. The summed E-state index contributed by atoms with van der Waals surface area (Å²) in [6.45, 7) is 0. The normalized spacial score (nSPS) is 15.6. The monoisotopic (exact) mass is 388 g/mol. The van der Waals surface area contributed by atoms with Crippen LogP contribution < -0.4 is 14.8 Å². The summed E-state index contributed by atoms with van der Waals surface area (Å²) in [6.07, 6.45) is 2.24. The van der Waals surface area contributed by atoms with E-state index in [-0.39, 0.29) is 17.7 Å². The lowest BCUT2D eigenvalue weighted by molar-refractivity contribution is -0.120. The molecule has 2 amide bonds. The molecule has 1 atom stereocenters. The van der Waals surface area contributed by atoms with Gasteiger partial charge in [0.15, 0.2) is 0 Å². The first kappa shape index (κ1) is 19.2. The first-order chi connectivity index (χ1) is 12.9. The molecule has 7 heteroatoms. The van der Waals surface area contributed by atoms with E-state index in [1.807, 2.05) is 6.07 Å². The molecule has 1 heterocycles. The van der Waals surface area contributed by atoms with E-state index in [4.69, 9.17) is 9.47 Å². The Morgan fingerprint density at radius 1 is 1.19 bits per heavy atom. The molecule has 2 aromatic rings. The molecule has 1 aromatic carbocycles. The minimum Gasteiger partial charge on any atom is -0.497 e. The predicted molar refractivity (Wildman–Crippen MR) is 106 cm³/mol. The third-order valence-corrected chi connectivity index (χ3v) is 5.96. The molecule has 1 aliphatic rings. The highest BCUT2D eigenvalue weighted by Gasteiger charge is 2.28. The first-order valence-corrected chi connectivity index (χ1v) is 9.60. The summed E-state index contributed by atoms with van der Waals surface area (Å²) in [4.78, 5) is 28.5. The number of hydrogen-bond donors (Lipinski definition) is 1. The number of benzene rings is 1. The van der Waals surface area contributed by atoms with Crippen LogP contribution in [0.5, 0.6) is 11.5 Å². The zero-order valence-electron chi connectivity index (χ0n) is 16.0. The lowest BCUT2D eigenvalue weighted by Gasteiger charge is -2.22. The largest absolute Gasteiger partial charge is 0.497 e. The van der Waals surface area contributed by atoms with Crippen LogP contribution in [0.25, 0.3) is 0 Å². The number of carbonyl (C=O) groups is 2. The number of anilines is 1. The minimum atomic E-state index is -0.124. The van der Waals surface area contributed by atoms with Crippen molar-refractivity contribution in [1.82, 2.24) is 4.90 Å². The maximum Gasteiger partial charge on any atom is 0.263 e. The van der Waals surface area contributed by atoms with Crippen molar-refractivity contribution in [3.63, 3.8) is 0 Å². The number of amides is 2. The van der Waals surface area contributed by atoms with Gasteiger partial charge < -0.3 is 19.7 Å². The van der Waals surface area contributed by atoms with Crippen molar-refractivity contribution in [2.24, 2.45) is 5.92 Å². The summed E-state index contributed by atoms with van der Waals surface area (Å²) in [5, 5.41) is 2.97. The molecule has 1 aliphatic carbocycles. The molecular weight excluding hydrogens is 364 g/mol. The minimum absolute atomic E-state index is 0.0124. The molecule has 0 bridgehead atoms. The average Bonchev–Trinajstić information content (AvgIpc) is 3.10. The van der Waals surface area contributed by atoms with Crippen molar-refractivity contribution in [3.8, 4) is 11.5 Å². The van der Waals surface area contributed by atoms with E-state index in [1.165, 1.54) is 4.88 Å². The van der Waals surface area contributed by atoms with Crippen molar-refractivity contribution in [1.29, 1.82) is 0 Å². The van der Waals surface area contributed by atoms with Gasteiger partial charge in [-0.1, -0.05) is 0 Å². The Balaban J connectivity index is 1.72. The Morgan fingerprint density at radius 2 is 1.96 bits per heavy atom. The number of hydrogen-bond acceptors (Lipinski definition) is 5. The van der Waals surface area contributed by atoms with Crippen LogP contribution in [0, 0.1) is 5.92 Å². The topological polar surface area (TPSA) is 67.9 Å².